The molecule has 1 aliphatic rings. The van der Waals surface area contributed by atoms with Crippen LogP contribution in [0.2, 0.25) is 0 Å². The van der Waals surface area contributed by atoms with Crippen molar-refractivity contribution in [2.75, 3.05) is 6.54 Å². The first-order valence-electron chi connectivity index (χ1n) is 7.16. The summed E-state index contributed by atoms with van der Waals surface area (Å²) in [6, 6.07) is 0.372. The highest BCUT2D eigenvalue weighted by Crippen LogP contribution is 2.21. The first-order valence-corrected chi connectivity index (χ1v) is 7.16. The third-order valence-electron chi connectivity index (χ3n) is 4.05. The van der Waals surface area contributed by atoms with Gasteiger partial charge in [0.1, 0.15) is 17.4 Å². The van der Waals surface area contributed by atoms with Gasteiger partial charge < -0.3 is 4.57 Å². The molecule has 1 fully saturated rings. The Balaban J connectivity index is 2.09. The monoisotopic (exact) mass is 264 g/mol. The van der Waals surface area contributed by atoms with Crippen molar-refractivity contribution in [3.63, 3.8) is 0 Å². The van der Waals surface area contributed by atoms with E-state index in [2.05, 4.69) is 15.1 Å². The predicted molar refractivity (Wildman–Crippen MR) is 73.7 cm³/mol. The van der Waals surface area contributed by atoms with Crippen LogP contribution < -0.4 is 0 Å². The molecule has 0 radical (unpaired) electrons. The van der Waals surface area contributed by atoms with Crippen molar-refractivity contribution in [1.29, 1.82) is 0 Å². The maximum Gasteiger partial charge on any atom is 0.146 e. The van der Waals surface area contributed by atoms with Gasteiger partial charge in [-0.2, -0.15) is 0 Å². The number of nitrogens with zero attached hydrogens (tertiary/aromatic N) is 4. The lowest BCUT2D eigenvalue weighted by Gasteiger charge is -2.28. The Morgan fingerprint density at radius 2 is 2.11 bits per heavy atom. The van der Waals surface area contributed by atoms with Crippen LogP contribution >= 0.6 is 0 Å². The normalized spacial score (nSPS) is 21.3. The van der Waals surface area contributed by atoms with Crippen LogP contribution in [0.4, 0.5) is 0 Å². The molecule has 0 N–H and O–H groups in total. The average molecular weight is 264 g/mol. The summed E-state index contributed by atoms with van der Waals surface area (Å²) in [6.45, 7) is 5.51. The second-order valence-electron chi connectivity index (χ2n) is 5.60. The number of aryl methyl sites for hydroxylation is 1. The van der Waals surface area contributed by atoms with Gasteiger partial charge in [0.2, 0.25) is 0 Å². The summed E-state index contributed by atoms with van der Waals surface area (Å²) in [4.78, 5) is 13.8. The van der Waals surface area contributed by atoms with Crippen molar-refractivity contribution in [3.8, 4) is 0 Å². The molecular formula is C14H24N4O. The van der Waals surface area contributed by atoms with Crippen molar-refractivity contribution >= 4 is 5.78 Å². The molecule has 1 aromatic rings. The molecule has 0 aliphatic carbocycles. The summed E-state index contributed by atoms with van der Waals surface area (Å²) in [7, 11) is 2.00. The number of carbonyl (C=O) groups excluding carboxylic acids is 1. The van der Waals surface area contributed by atoms with Crippen LogP contribution in [0.15, 0.2) is 0 Å². The fourth-order valence-electron chi connectivity index (χ4n) is 2.78. The minimum atomic E-state index is 0.283. The van der Waals surface area contributed by atoms with E-state index < -0.39 is 0 Å². The predicted octanol–water partition coefficient (Wildman–Crippen LogP) is 1.85. The second kappa shape index (κ2) is 6.28. The van der Waals surface area contributed by atoms with E-state index in [0.717, 1.165) is 31.2 Å². The highest BCUT2D eigenvalue weighted by atomic mass is 16.1. The molecule has 1 unspecified atom stereocenters. The zero-order chi connectivity index (χ0) is 13.8. The highest BCUT2D eigenvalue weighted by molar-refractivity contribution is 5.76. The van der Waals surface area contributed by atoms with E-state index in [-0.39, 0.29) is 5.78 Å². The second-order valence-corrected chi connectivity index (χ2v) is 5.60. The number of hydrogen-bond acceptors (Lipinski definition) is 4. The van der Waals surface area contributed by atoms with Crippen molar-refractivity contribution in [2.24, 2.45) is 7.05 Å². The van der Waals surface area contributed by atoms with Crippen LogP contribution in [0, 0.1) is 6.92 Å². The van der Waals surface area contributed by atoms with E-state index in [0.29, 0.717) is 12.5 Å². The standard InChI is InChI=1S/C14H24N4O/c1-11(19)9-13-7-5-4-6-8-18(13)10-14-16-15-12(2)17(14)3/h13H,4-10H2,1-3H3. The molecule has 2 heterocycles. The molecule has 1 saturated heterocycles. The Morgan fingerprint density at radius 3 is 2.74 bits per heavy atom. The lowest BCUT2D eigenvalue weighted by Crippen LogP contribution is -2.36. The molecule has 5 heteroatoms. The molecular weight excluding hydrogens is 240 g/mol. The quantitative estimate of drug-likeness (QED) is 0.832. The molecule has 2 rings (SSSR count). The number of likely N-dealkylation sites (tertiary alicyclic amines) is 1. The molecule has 0 bridgehead atoms. The molecule has 0 aromatic carbocycles. The van der Waals surface area contributed by atoms with Crippen LogP contribution in [0.5, 0.6) is 0 Å². The zero-order valence-electron chi connectivity index (χ0n) is 12.2. The minimum absolute atomic E-state index is 0.283. The van der Waals surface area contributed by atoms with E-state index in [1.165, 1.54) is 19.3 Å². The van der Waals surface area contributed by atoms with Crippen LogP contribution in [0.3, 0.4) is 0 Å². The number of Topliss-reactive ketones (excluding diaryl/α,β-unsaturated/α-hetero) is 1. The maximum absolute atomic E-state index is 11.4. The van der Waals surface area contributed by atoms with Crippen molar-refractivity contribution < 1.29 is 4.79 Å². The van der Waals surface area contributed by atoms with Gasteiger partial charge in [-0.15, -0.1) is 10.2 Å². The number of ketones is 1. The first kappa shape index (κ1) is 14.2. The van der Waals surface area contributed by atoms with Gasteiger partial charge in [-0.3, -0.25) is 9.69 Å². The third kappa shape index (κ3) is 3.62. The van der Waals surface area contributed by atoms with Gasteiger partial charge in [0.25, 0.3) is 0 Å². The fraction of sp³-hybridized carbons (Fsp3) is 0.786. The number of carbonyl (C=O) groups is 1. The smallest absolute Gasteiger partial charge is 0.146 e. The third-order valence-corrected chi connectivity index (χ3v) is 4.05. The molecule has 19 heavy (non-hydrogen) atoms. The first-order chi connectivity index (χ1) is 9.08. The molecule has 1 aromatic heterocycles. The van der Waals surface area contributed by atoms with Gasteiger partial charge in [-0.1, -0.05) is 12.8 Å². The van der Waals surface area contributed by atoms with Crippen LogP contribution in [0.1, 0.15) is 50.7 Å². The van der Waals surface area contributed by atoms with Crippen molar-refractivity contribution in [2.45, 2.75) is 58.5 Å². The topological polar surface area (TPSA) is 51.0 Å². The van der Waals surface area contributed by atoms with Crippen molar-refractivity contribution in [1.82, 2.24) is 19.7 Å². The molecule has 0 amide bonds. The maximum atomic E-state index is 11.4. The van der Waals surface area contributed by atoms with E-state index in [1.807, 2.05) is 18.5 Å². The Morgan fingerprint density at radius 1 is 1.32 bits per heavy atom. The summed E-state index contributed by atoms with van der Waals surface area (Å²) in [5.41, 5.74) is 0. The largest absolute Gasteiger partial charge is 0.317 e. The van der Waals surface area contributed by atoms with Crippen molar-refractivity contribution in [3.05, 3.63) is 11.6 Å². The molecule has 1 atom stereocenters. The lowest BCUT2D eigenvalue weighted by molar-refractivity contribution is -0.118. The number of hydrogen-bond donors (Lipinski definition) is 0. The summed E-state index contributed by atoms with van der Waals surface area (Å²) < 4.78 is 2.04. The van der Waals surface area contributed by atoms with Gasteiger partial charge in [-0.25, -0.2) is 0 Å². The molecule has 0 saturated carbocycles. The summed E-state index contributed by atoms with van der Waals surface area (Å²) in [5.74, 6) is 2.21. The molecule has 5 nitrogen and oxygen atoms in total. The Labute approximate surface area is 115 Å². The van der Waals surface area contributed by atoms with Crippen LogP contribution in [-0.2, 0) is 18.4 Å². The van der Waals surface area contributed by atoms with Crippen LogP contribution in [-0.4, -0.2) is 38.0 Å². The number of rotatable bonds is 4. The average Bonchev–Trinajstić information content (AvgIpc) is 2.56. The Hall–Kier alpha value is -1.23. The molecule has 1 aliphatic heterocycles. The zero-order valence-corrected chi connectivity index (χ0v) is 12.2. The minimum Gasteiger partial charge on any atom is -0.317 e. The fourth-order valence-corrected chi connectivity index (χ4v) is 2.78. The summed E-state index contributed by atoms with van der Waals surface area (Å²) >= 11 is 0. The van der Waals surface area contributed by atoms with Gasteiger partial charge in [0.15, 0.2) is 0 Å². The summed E-state index contributed by atoms with van der Waals surface area (Å²) in [6.07, 6.45) is 5.49. The van der Waals surface area contributed by atoms with E-state index in [9.17, 15) is 4.79 Å². The SMILES string of the molecule is CC(=O)CC1CCCCCN1Cc1nnc(C)n1C. The van der Waals surface area contributed by atoms with Gasteiger partial charge in [0, 0.05) is 19.5 Å². The Bertz CT molecular complexity index is 441. The van der Waals surface area contributed by atoms with E-state index in [1.54, 1.807) is 6.92 Å². The van der Waals surface area contributed by atoms with E-state index >= 15 is 0 Å². The molecule has 106 valence electrons. The lowest BCUT2D eigenvalue weighted by atomic mass is 10.0. The van der Waals surface area contributed by atoms with Gasteiger partial charge >= 0.3 is 0 Å². The highest BCUT2D eigenvalue weighted by Gasteiger charge is 2.23. The summed E-state index contributed by atoms with van der Waals surface area (Å²) in [5, 5.41) is 8.35. The number of aromatic nitrogens is 3. The van der Waals surface area contributed by atoms with Crippen LogP contribution in [0.25, 0.3) is 0 Å². The Kier molecular flexibility index (Phi) is 4.69. The van der Waals surface area contributed by atoms with Gasteiger partial charge in [0.05, 0.1) is 6.54 Å². The van der Waals surface area contributed by atoms with Gasteiger partial charge in [-0.05, 0) is 33.2 Å². The molecule has 0 spiro atoms. The van der Waals surface area contributed by atoms with E-state index in [4.69, 9.17) is 0 Å².